The van der Waals surface area contributed by atoms with Crippen LogP contribution in [0.15, 0.2) is 230 Å². The molecule has 0 aromatic heterocycles. The van der Waals surface area contributed by atoms with Crippen LogP contribution in [-0.4, -0.2) is 11.8 Å². The number of hydrogen-bond donors (Lipinski definition) is 3. The average molecular weight is 849 g/mol. The number of nitrogens with one attached hydrogen (secondary N) is 1. The minimum atomic E-state index is -0.0227. The van der Waals surface area contributed by atoms with E-state index in [4.69, 9.17) is 16.5 Å². The number of para-hydroxylation sites is 1. The van der Waals surface area contributed by atoms with Crippen LogP contribution in [0.1, 0.15) is 83.4 Å². The molecule has 5 aromatic carbocycles. The number of fused-ring (bicyclic) bond motifs is 7. The normalized spacial score (nSPS) is 23.6. The van der Waals surface area contributed by atoms with Crippen molar-refractivity contribution in [3.05, 3.63) is 264 Å². The Labute approximate surface area is 386 Å². The lowest BCUT2D eigenvalue weighted by Crippen LogP contribution is -2.33. The molecular weight excluding hydrogens is 789 g/mol. The van der Waals surface area contributed by atoms with E-state index in [0.717, 1.165) is 40.9 Å². The molecule has 4 bridgehead atoms. The van der Waals surface area contributed by atoms with Crippen LogP contribution in [0.2, 0.25) is 0 Å². The quantitative estimate of drug-likeness (QED) is 0.0592. The largest absolute Gasteiger partial charge is 0.398 e. The maximum Gasteiger partial charge on any atom is 0.0722 e. The van der Waals surface area contributed by atoms with E-state index >= 15 is 0 Å². The van der Waals surface area contributed by atoms with Gasteiger partial charge in [0.15, 0.2) is 0 Å². The van der Waals surface area contributed by atoms with E-state index in [1.807, 2.05) is 86.0 Å². The molecule has 4 aliphatic carbocycles. The van der Waals surface area contributed by atoms with Crippen molar-refractivity contribution >= 4 is 28.2 Å². The van der Waals surface area contributed by atoms with Crippen LogP contribution in [0.25, 0.3) is 16.8 Å². The van der Waals surface area contributed by atoms with Crippen LogP contribution in [-0.2, 0) is 0 Å². The molecule has 0 spiro atoms. The lowest BCUT2D eigenvalue weighted by Gasteiger charge is -2.34. The van der Waals surface area contributed by atoms with Gasteiger partial charge in [0.1, 0.15) is 0 Å². The summed E-state index contributed by atoms with van der Waals surface area (Å²) in [7, 11) is 0. The summed E-state index contributed by atoms with van der Waals surface area (Å²) in [4.78, 5) is 4.96. The van der Waals surface area contributed by atoms with Crippen LogP contribution < -0.4 is 16.8 Å². The number of allylic oxidation sites excluding steroid dienone is 14. The minimum Gasteiger partial charge on any atom is -0.398 e. The summed E-state index contributed by atoms with van der Waals surface area (Å²) in [5.41, 5.74) is 28.7. The van der Waals surface area contributed by atoms with Crippen molar-refractivity contribution < 1.29 is 0 Å². The van der Waals surface area contributed by atoms with E-state index in [-0.39, 0.29) is 23.8 Å². The third-order valence-electron chi connectivity index (χ3n) is 13.6. The topological polar surface area (TPSA) is 76.4 Å². The maximum atomic E-state index is 7.00. The predicted octanol–water partition coefficient (Wildman–Crippen LogP) is 13.9. The van der Waals surface area contributed by atoms with Gasteiger partial charge in [-0.1, -0.05) is 189 Å². The van der Waals surface area contributed by atoms with Crippen molar-refractivity contribution in [3.8, 4) is 0 Å². The molecule has 4 nitrogen and oxygen atoms in total. The van der Waals surface area contributed by atoms with E-state index in [0.29, 0.717) is 23.5 Å². The SMILES string of the molecule is C=C/C=C(\C=C(\Nc1ccccc1C1=CC2CC1[C@@H](c1ccc(C(/C=C(\N)c3ccccc3)=N\C=C/C=C\C=C\C)cc1)c1ccccc1C1CC2C=CC1N)C1CC1)c1ccccc1. The van der Waals surface area contributed by atoms with Crippen molar-refractivity contribution in [2.75, 3.05) is 5.32 Å². The van der Waals surface area contributed by atoms with Gasteiger partial charge in [0, 0.05) is 52.3 Å². The highest BCUT2D eigenvalue weighted by molar-refractivity contribution is 6.12. The van der Waals surface area contributed by atoms with Gasteiger partial charge in [-0.15, -0.1) is 0 Å². The van der Waals surface area contributed by atoms with Gasteiger partial charge in [-0.3, -0.25) is 4.99 Å². The standard InChI is InChI=1S/C61H60N4/c1-3-5-6-7-18-36-64-59(41-57(63)43-22-12-9-13-23-43)44-30-32-46(33-31-44)61-52-26-15-14-24-50(52)54-37-48(34-35-56(54)62)49-38-53(55(61)39-49)51-25-16-17-27-58(51)65-60(45-28-29-45)40-47(19-4-2)42-20-10-8-11-21-42/h3-27,30-36,38,40-41,45,48-49,54-56,61,65H,2,28-29,37,39,62-63H2,1H3/b5-3+,7-6-,36-18-,47-19+,57-41-,60-40+,64-59-/t48?,49?,54?,55?,56?,61-/m0/s1. The monoisotopic (exact) mass is 848 g/mol. The Morgan fingerprint density at radius 2 is 1.35 bits per heavy atom. The number of nitrogens with zero attached hydrogens (tertiary/aromatic N) is 1. The minimum absolute atomic E-state index is 0.0227. The van der Waals surface area contributed by atoms with Gasteiger partial charge < -0.3 is 16.8 Å². The van der Waals surface area contributed by atoms with Crippen LogP contribution in [0.3, 0.4) is 0 Å². The molecule has 5 aromatic rings. The second-order valence-corrected chi connectivity index (χ2v) is 17.8. The number of aliphatic imine (C=N–C) groups is 1. The van der Waals surface area contributed by atoms with Crippen LogP contribution >= 0.6 is 0 Å². The number of anilines is 1. The fourth-order valence-corrected chi connectivity index (χ4v) is 10.2. The summed E-state index contributed by atoms with van der Waals surface area (Å²) in [6.07, 6.45) is 31.9. The van der Waals surface area contributed by atoms with Gasteiger partial charge >= 0.3 is 0 Å². The molecule has 6 atom stereocenters. The van der Waals surface area contributed by atoms with Crippen LogP contribution in [0.4, 0.5) is 5.69 Å². The average Bonchev–Trinajstić information content (AvgIpc) is 4.11. The van der Waals surface area contributed by atoms with Gasteiger partial charge in [0.2, 0.25) is 0 Å². The lowest BCUT2D eigenvalue weighted by atomic mass is 9.71. The van der Waals surface area contributed by atoms with E-state index in [1.165, 1.54) is 51.9 Å². The van der Waals surface area contributed by atoms with Crippen molar-refractivity contribution in [2.24, 2.45) is 40.1 Å². The number of hydrogen-bond acceptors (Lipinski definition) is 4. The second kappa shape index (κ2) is 20.2. The Bertz CT molecular complexity index is 2750. The second-order valence-electron chi connectivity index (χ2n) is 17.8. The van der Waals surface area contributed by atoms with Gasteiger partial charge in [0.25, 0.3) is 0 Å². The fourth-order valence-electron chi connectivity index (χ4n) is 10.2. The van der Waals surface area contributed by atoms with Gasteiger partial charge in [0.05, 0.1) is 5.71 Å². The zero-order valence-electron chi connectivity index (χ0n) is 37.4. The number of rotatable bonds is 14. The summed E-state index contributed by atoms with van der Waals surface area (Å²) in [5.74, 6) is 1.87. The van der Waals surface area contributed by atoms with Crippen LogP contribution in [0.5, 0.6) is 0 Å². The zero-order chi connectivity index (χ0) is 44.5. The predicted molar refractivity (Wildman–Crippen MR) is 276 cm³/mol. The summed E-state index contributed by atoms with van der Waals surface area (Å²) < 4.78 is 0. The molecule has 0 aliphatic heterocycles. The molecule has 5 N–H and O–H groups in total. The molecule has 0 saturated heterocycles. The van der Waals surface area contributed by atoms with Gasteiger partial charge in [-0.25, -0.2) is 0 Å². The highest BCUT2D eigenvalue weighted by Gasteiger charge is 2.43. The Hall–Kier alpha value is -7.01. The smallest absolute Gasteiger partial charge is 0.0722 e. The van der Waals surface area contributed by atoms with Crippen molar-refractivity contribution in [1.82, 2.24) is 0 Å². The fraction of sp³-hybridized carbons (Fsp3) is 0.197. The Morgan fingerprint density at radius 3 is 2.09 bits per heavy atom. The summed E-state index contributed by atoms with van der Waals surface area (Å²) in [6.45, 7) is 6.07. The Balaban J connectivity index is 1.14. The van der Waals surface area contributed by atoms with E-state index in [9.17, 15) is 0 Å². The first-order valence-electron chi connectivity index (χ1n) is 23.3. The molecular formula is C61H60N4. The van der Waals surface area contributed by atoms with E-state index in [2.05, 4.69) is 145 Å². The molecule has 324 valence electrons. The molecule has 0 heterocycles. The first-order chi connectivity index (χ1) is 32.0. The highest BCUT2D eigenvalue weighted by atomic mass is 14.9. The Morgan fingerprint density at radius 1 is 0.677 bits per heavy atom. The molecule has 1 fully saturated rings. The molecule has 1 saturated carbocycles. The zero-order valence-corrected chi connectivity index (χ0v) is 37.4. The first-order valence-corrected chi connectivity index (χ1v) is 23.3. The summed E-state index contributed by atoms with van der Waals surface area (Å²) >= 11 is 0. The third-order valence-corrected chi connectivity index (χ3v) is 13.6. The van der Waals surface area contributed by atoms with Crippen molar-refractivity contribution in [1.29, 1.82) is 0 Å². The molecule has 0 radical (unpaired) electrons. The van der Waals surface area contributed by atoms with Gasteiger partial charge in [-0.2, -0.15) is 0 Å². The van der Waals surface area contributed by atoms with E-state index in [1.54, 1.807) is 0 Å². The van der Waals surface area contributed by atoms with Crippen molar-refractivity contribution in [2.45, 2.75) is 50.5 Å². The third kappa shape index (κ3) is 9.89. The number of benzene rings is 5. The molecule has 4 heteroatoms. The van der Waals surface area contributed by atoms with Gasteiger partial charge in [-0.05, 0) is 120 Å². The maximum absolute atomic E-state index is 7.00. The Kier molecular flexibility index (Phi) is 13.5. The van der Waals surface area contributed by atoms with E-state index < -0.39 is 0 Å². The number of nitrogens with two attached hydrogens (primary N) is 2. The summed E-state index contributed by atoms with van der Waals surface area (Å²) in [6, 6.07) is 48.0. The highest BCUT2D eigenvalue weighted by Crippen LogP contribution is 2.55. The molecule has 4 aliphatic rings. The van der Waals surface area contributed by atoms with Crippen LogP contribution in [0, 0.1) is 23.7 Å². The summed E-state index contributed by atoms with van der Waals surface area (Å²) in [5, 5.41) is 4.04. The first kappa shape index (κ1) is 43.3. The molecule has 0 amide bonds. The lowest BCUT2D eigenvalue weighted by molar-refractivity contribution is 0.355. The van der Waals surface area contributed by atoms with Crippen molar-refractivity contribution in [3.63, 3.8) is 0 Å². The molecule has 9 rings (SSSR count). The molecule has 65 heavy (non-hydrogen) atoms. The molecule has 5 unspecified atom stereocenters.